The summed E-state index contributed by atoms with van der Waals surface area (Å²) in [6.07, 6.45) is 8.18. The fraction of sp³-hybridized carbons (Fsp3) is 0.130. The molecular weight excluding hydrogens is 392 g/mol. The van der Waals surface area contributed by atoms with Gasteiger partial charge in [0.25, 0.3) is 0 Å². The second-order valence-electron chi connectivity index (χ2n) is 7.15. The monoisotopic (exact) mass is 412 g/mol. The smallest absolute Gasteiger partial charge is 0.225 e. The first kappa shape index (κ1) is 18.8. The number of benzene rings is 1. The summed E-state index contributed by atoms with van der Waals surface area (Å²) >= 11 is 0. The Bertz CT molecular complexity index is 1250. The molecule has 0 spiro atoms. The second-order valence-corrected chi connectivity index (χ2v) is 7.15. The van der Waals surface area contributed by atoms with E-state index < -0.39 is 0 Å². The molecule has 8 nitrogen and oxygen atoms in total. The van der Waals surface area contributed by atoms with Gasteiger partial charge >= 0.3 is 0 Å². The molecule has 1 fully saturated rings. The highest BCUT2D eigenvalue weighted by atomic mass is 16.5. The quantitative estimate of drug-likeness (QED) is 0.452. The van der Waals surface area contributed by atoms with Crippen molar-refractivity contribution >= 4 is 22.4 Å². The number of hydrogen-bond acceptors (Lipinski definition) is 8. The van der Waals surface area contributed by atoms with Gasteiger partial charge in [-0.15, -0.1) is 0 Å². The summed E-state index contributed by atoms with van der Waals surface area (Å²) in [4.78, 5) is 19.4. The minimum absolute atomic E-state index is 0.0557. The number of pyridine rings is 1. The van der Waals surface area contributed by atoms with E-state index in [2.05, 4.69) is 43.3 Å². The van der Waals surface area contributed by atoms with Gasteiger partial charge in [-0.2, -0.15) is 0 Å². The minimum atomic E-state index is 0.0557. The Hall–Kier alpha value is -4.20. The molecule has 31 heavy (non-hydrogen) atoms. The molecular formula is C23H20N6O2. The molecule has 0 atom stereocenters. The Morgan fingerprint density at radius 2 is 2.10 bits per heavy atom. The molecule has 4 aromatic rings. The molecule has 5 rings (SSSR count). The van der Waals surface area contributed by atoms with E-state index in [-0.39, 0.29) is 6.10 Å². The average molecular weight is 412 g/mol. The van der Waals surface area contributed by atoms with E-state index in [1.807, 2.05) is 30.3 Å². The number of nitrogens with zero attached hydrogens (tertiary/aromatic N) is 5. The van der Waals surface area contributed by atoms with Gasteiger partial charge in [-0.3, -0.25) is 0 Å². The summed E-state index contributed by atoms with van der Waals surface area (Å²) in [5, 5.41) is 4.17. The predicted molar refractivity (Wildman–Crippen MR) is 118 cm³/mol. The summed E-state index contributed by atoms with van der Waals surface area (Å²) in [6.45, 7) is 9.22. The third kappa shape index (κ3) is 3.83. The molecule has 1 aromatic carbocycles. The van der Waals surface area contributed by atoms with Crippen LogP contribution in [0, 0.1) is 0 Å². The van der Waals surface area contributed by atoms with E-state index in [1.54, 1.807) is 24.7 Å². The van der Waals surface area contributed by atoms with E-state index >= 15 is 0 Å². The molecule has 0 unspecified atom stereocenters. The number of fused-ring (bicyclic) bond motifs is 1. The molecule has 0 aliphatic carbocycles. The van der Waals surface area contributed by atoms with Crippen LogP contribution in [0.15, 0.2) is 84.7 Å². The van der Waals surface area contributed by atoms with Gasteiger partial charge in [0, 0.05) is 28.4 Å². The first-order valence-electron chi connectivity index (χ1n) is 9.80. The van der Waals surface area contributed by atoms with Crippen LogP contribution in [0.4, 0.5) is 11.5 Å². The molecule has 0 radical (unpaired) electrons. The van der Waals surface area contributed by atoms with E-state index in [4.69, 9.17) is 9.15 Å². The van der Waals surface area contributed by atoms with E-state index in [9.17, 15) is 0 Å². The Balaban J connectivity index is 1.37. The standard InChI is InChI=1S/C23H20N6O2/c1-3-15(2)29-12-18(13-29)31-21-10-19-20(11-25-21)26-14-27-22(19)28-17-6-4-5-16(9-17)23-24-7-8-30-23/h3-11,14,18H,1-2,12-13H2,(H,26,27,28). The Morgan fingerprint density at radius 1 is 1.19 bits per heavy atom. The molecule has 1 aliphatic rings. The third-order valence-electron chi connectivity index (χ3n) is 5.08. The number of aromatic nitrogens is 4. The maximum Gasteiger partial charge on any atom is 0.225 e. The van der Waals surface area contributed by atoms with Crippen molar-refractivity contribution in [1.82, 2.24) is 24.8 Å². The number of hydrogen-bond donors (Lipinski definition) is 1. The lowest BCUT2D eigenvalue weighted by atomic mass is 10.1. The number of ether oxygens (including phenoxy) is 1. The van der Waals surface area contributed by atoms with Crippen LogP contribution in [0.1, 0.15) is 0 Å². The lowest BCUT2D eigenvalue weighted by Gasteiger charge is -2.40. The Kier molecular flexibility index (Phi) is 4.80. The van der Waals surface area contributed by atoms with Crippen LogP contribution in [-0.2, 0) is 0 Å². The first-order chi connectivity index (χ1) is 15.2. The molecule has 0 saturated carbocycles. The van der Waals surface area contributed by atoms with Crippen molar-refractivity contribution in [2.75, 3.05) is 18.4 Å². The van der Waals surface area contributed by atoms with Gasteiger partial charge in [0.05, 0.1) is 31.0 Å². The van der Waals surface area contributed by atoms with Crippen LogP contribution in [0.3, 0.4) is 0 Å². The molecule has 1 N–H and O–H groups in total. The van der Waals surface area contributed by atoms with Gasteiger partial charge in [-0.25, -0.2) is 19.9 Å². The first-order valence-corrected chi connectivity index (χ1v) is 9.80. The van der Waals surface area contributed by atoms with Crippen molar-refractivity contribution in [3.05, 3.63) is 80.2 Å². The van der Waals surface area contributed by atoms with E-state index in [0.717, 1.165) is 40.9 Å². The lowest BCUT2D eigenvalue weighted by Crippen LogP contribution is -2.52. The molecule has 4 heterocycles. The van der Waals surface area contributed by atoms with Gasteiger partial charge in [-0.1, -0.05) is 19.2 Å². The van der Waals surface area contributed by atoms with Gasteiger partial charge < -0.3 is 19.4 Å². The van der Waals surface area contributed by atoms with Crippen LogP contribution in [0.5, 0.6) is 5.88 Å². The fourth-order valence-corrected chi connectivity index (χ4v) is 3.38. The third-order valence-corrected chi connectivity index (χ3v) is 5.08. The average Bonchev–Trinajstić information content (AvgIpc) is 3.31. The predicted octanol–water partition coefficient (Wildman–Crippen LogP) is 4.19. The number of nitrogens with one attached hydrogen (secondary N) is 1. The highest BCUT2D eigenvalue weighted by molar-refractivity contribution is 5.90. The maximum absolute atomic E-state index is 6.02. The van der Waals surface area contributed by atoms with Crippen molar-refractivity contribution in [2.45, 2.75) is 6.10 Å². The van der Waals surface area contributed by atoms with Gasteiger partial charge in [0.15, 0.2) is 0 Å². The largest absolute Gasteiger partial charge is 0.471 e. The zero-order valence-corrected chi connectivity index (χ0v) is 16.7. The highest BCUT2D eigenvalue weighted by Crippen LogP contribution is 2.28. The number of rotatable bonds is 7. The van der Waals surface area contributed by atoms with Crippen LogP contribution in [0.25, 0.3) is 22.4 Å². The summed E-state index contributed by atoms with van der Waals surface area (Å²) in [7, 11) is 0. The SMILES string of the molecule is C=CC(=C)N1CC(Oc2cc3c(Nc4cccc(-c5ncco5)c4)ncnc3cn2)C1. The van der Waals surface area contributed by atoms with Crippen LogP contribution in [-0.4, -0.2) is 44.0 Å². The van der Waals surface area contributed by atoms with Crippen LogP contribution in [0.2, 0.25) is 0 Å². The number of oxazole rings is 1. The highest BCUT2D eigenvalue weighted by Gasteiger charge is 2.28. The van der Waals surface area contributed by atoms with Crippen molar-refractivity contribution in [2.24, 2.45) is 0 Å². The second kappa shape index (κ2) is 7.91. The molecule has 0 bridgehead atoms. The van der Waals surface area contributed by atoms with Crippen molar-refractivity contribution in [3.8, 4) is 17.3 Å². The fourth-order valence-electron chi connectivity index (χ4n) is 3.38. The van der Waals surface area contributed by atoms with Crippen LogP contribution < -0.4 is 10.1 Å². The topological polar surface area (TPSA) is 89.2 Å². The van der Waals surface area contributed by atoms with Gasteiger partial charge in [0.2, 0.25) is 11.8 Å². The zero-order valence-electron chi connectivity index (χ0n) is 16.7. The molecule has 0 amide bonds. The van der Waals surface area contributed by atoms with Gasteiger partial charge in [-0.05, 0) is 24.3 Å². The molecule has 8 heteroatoms. The summed E-state index contributed by atoms with van der Waals surface area (Å²) in [5.41, 5.74) is 3.35. The number of anilines is 2. The summed E-state index contributed by atoms with van der Waals surface area (Å²) in [6, 6.07) is 9.64. The van der Waals surface area contributed by atoms with Crippen molar-refractivity contribution in [3.63, 3.8) is 0 Å². The van der Waals surface area contributed by atoms with E-state index in [0.29, 0.717) is 17.6 Å². The Morgan fingerprint density at radius 3 is 2.90 bits per heavy atom. The summed E-state index contributed by atoms with van der Waals surface area (Å²) < 4.78 is 11.4. The molecule has 1 aliphatic heterocycles. The van der Waals surface area contributed by atoms with Gasteiger partial charge in [0.1, 0.15) is 24.5 Å². The molecule has 1 saturated heterocycles. The van der Waals surface area contributed by atoms with Crippen molar-refractivity contribution in [1.29, 1.82) is 0 Å². The molecule has 154 valence electrons. The minimum Gasteiger partial charge on any atom is -0.471 e. The maximum atomic E-state index is 6.02. The number of allylic oxidation sites excluding steroid dienone is 1. The van der Waals surface area contributed by atoms with Crippen LogP contribution >= 0.6 is 0 Å². The Labute approximate surface area is 178 Å². The summed E-state index contributed by atoms with van der Waals surface area (Å²) in [5.74, 6) is 1.76. The van der Waals surface area contributed by atoms with Crippen molar-refractivity contribution < 1.29 is 9.15 Å². The zero-order chi connectivity index (χ0) is 21.2. The normalized spacial score (nSPS) is 13.6. The van der Waals surface area contributed by atoms with E-state index in [1.165, 1.54) is 6.33 Å². The number of likely N-dealkylation sites (tertiary alicyclic amines) is 1. The molecule has 3 aromatic heterocycles. The lowest BCUT2D eigenvalue weighted by molar-refractivity contribution is 0.0439.